The monoisotopic (exact) mass is 592 g/mol. The Morgan fingerprint density at radius 3 is 1.88 bits per heavy atom. The molecule has 0 heterocycles. The third-order valence-electron chi connectivity index (χ3n) is 8.98. The van der Waals surface area contributed by atoms with Crippen molar-refractivity contribution in [1.82, 2.24) is 0 Å². The second kappa shape index (κ2) is 14.3. The van der Waals surface area contributed by atoms with Crippen LogP contribution in [0.4, 0.5) is 0 Å². The molecule has 3 aromatic carbocycles. The van der Waals surface area contributed by atoms with Crippen LogP contribution in [-0.4, -0.2) is 14.7 Å². The Balaban J connectivity index is 2.00. The van der Waals surface area contributed by atoms with Crippen LogP contribution in [0.1, 0.15) is 94.0 Å². The largest absolute Gasteiger partial charge is 0.489 e. The zero-order chi connectivity index (χ0) is 28.7. The quantitative estimate of drug-likeness (QED) is 0.0968. The van der Waals surface area contributed by atoms with E-state index in [1.807, 2.05) is 18.2 Å². The summed E-state index contributed by atoms with van der Waals surface area (Å²) in [6, 6.07) is 20.2. The predicted octanol–water partition coefficient (Wildman–Crippen LogP) is 11.1. The molecule has 1 aliphatic rings. The summed E-state index contributed by atoms with van der Waals surface area (Å²) in [7, 11) is -2.26. The fourth-order valence-corrected chi connectivity index (χ4v) is 12.5. The number of fused-ring (bicyclic) bond motifs is 3. The standard InChI is InChI=1S/C36H46Cl2OSi/c1-6-11-13-15-26-22-27(16-14-12-7-2)35(39-21-8-3)34(23-26)40(9-4,10-5)36-32-24-28(37)17-19-30(32)31-20-18-29(38)25-33(31)36/h8,17-20,22-25,36H,3,6-7,9-16,21H2,1-2,4-5H3. The van der Waals surface area contributed by atoms with E-state index in [0.29, 0.717) is 6.61 Å². The molecule has 1 nitrogen and oxygen atoms in total. The molecule has 3 aromatic rings. The van der Waals surface area contributed by atoms with Crippen LogP contribution in [0, 0.1) is 0 Å². The van der Waals surface area contributed by atoms with E-state index in [0.717, 1.165) is 40.7 Å². The van der Waals surface area contributed by atoms with E-state index < -0.39 is 8.07 Å². The summed E-state index contributed by atoms with van der Waals surface area (Å²) < 4.78 is 6.69. The molecule has 0 spiro atoms. The second-order valence-electron chi connectivity index (χ2n) is 11.4. The molecule has 40 heavy (non-hydrogen) atoms. The third kappa shape index (κ3) is 6.25. The van der Waals surface area contributed by atoms with E-state index in [4.69, 9.17) is 27.9 Å². The fourth-order valence-electron chi connectivity index (χ4n) is 6.90. The molecule has 214 valence electrons. The lowest BCUT2D eigenvalue weighted by molar-refractivity contribution is 0.361. The average Bonchev–Trinajstić information content (AvgIpc) is 3.26. The first-order valence-corrected chi connectivity index (χ1v) is 18.7. The predicted molar refractivity (Wildman–Crippen MR) is 179 cm³/mol. The molecule has 4 heteroatoms. The number of hydrogen-bond acceptors (Lipinski definition) is 1. The summed E-state index contributed by atoms with van der Waals surface area (Å²) in [6.07, 6.45) is 11.4. The number of unbranched alkanes of at least 4 members (excludes halogenated alkanes) is 4. The molecule has 0 unspecified atom stereocenters. The minimum Gasteiger partial charge on any atom is -0.489 e. The molecule has 0 bridgehead atoms. The Morgan fingerprint density at radius 2 is 1.35 bits per heavy atom. The highest BCUT2D eigenvalue weighted by atomic mass is 35.5. The van der Waals surface area contributed by atoms with Crippen LogP contribution in [0.2, 0.25) is 22.1 Å². The van der Waals surface area contributed by atoms with Gasteiger partial charge in [-0.05, 0) is 88.5 Å². The number of hydrogen-bond donors (Lipinski definition) is 0. The average molecular weight is 594 g/mol. The molecule has 0 aliphatic heterocycles. The van der Waals surface area contributed by atoms with Gasteiger partial charge in [0.1, 0.15) is 20.4 Å². The maximum atomic E-state index is 6.69. The maximum Gasteiger partial charge on any atom is 0.122 e. The smallest absolute Gasteiger partial charge is 0.122 e. The number of ether oxygens (including phenoxy) is 1. The van der Waals surface area contributed by atoms with E-state index in [1.165, 1.54) is 77.1 Å². The zero-order valence-corrected chi connectivity index (χ0v) is 27.4. The Kier molecular flexibility index (Phi) is 11.0. The Bertz CT molecular complexity index is 1260. The first-order valence-electron chi connectivity index (χ1n) is 15.4. The van der Waals surface area contributed by atoms with Gasteiger partial charge in [-0.3, -0.25) is 0 Å². The van der Waals surface area contributed by atoms with Crippen LogP contribution >= 0.6 is 23.2 Å². The molecule has 0 amide bonds. The number of aryl methyl sites for hydroxylation is 2. The second-order valence-corrected chi connectivity index (χ2v) is 17.1. The van der Waals surface area contributed by atoms with Crippen molar-refractivity contribution in [2.45, 2.75) is 96.7 Å². The van der Waals surface area contributed by atoms with Crippen molar-refractivity contribution in [2.75, 3.05) is 6.61 Å². The van der Waals surface area contributed by atoms with Gasteiger partial charge in [-0.1, -0.05) is 126 Å². The van der Waals surface area contributed by atoms with Gasteiger partial charge in [0, 0.05) is 15.6 Å². The highest BCUT2D eigenvalue weighted by Crippen LogP contribution is 2.52. The summed E-state index contributed by atoms with van der Waals surface area (Å²) in [5.41, 5.74) is 8.44. The van der Waals surface area contributed by atoms with E-state index >= 15 is 0 Å². The van der Waals surface area contributed by atoms with Crippen LogP contribution in [0.15, 0.2) is 61.2 Å². The van der Waals surface area contributed by atoms with Crippen LogP contribution in [-0.2, 0) is 12.8 Å². The molecule has 0 atom stereocenters. The molecule has 0 N–H and O–H groups in total. The van der Waals surface area contributed by atoms with Crippen LogP contribution < -0.4 is 9.92 Å². The van der Waals surface area contributed by atoms with Crippen molar-refractivity contribution in [3.63, 3.8) is 0 Å². The van der Waals surface area contributed by atoms with Gasteiger partial charge in [-0.15, -0.1) is 0 Å². The minimum absolute atomic E-state index is 0.269. The van der Waals surface area contributed by atoms with Crippen molar-refractivity contribution >= 4 is 36.5 Å². The Labute approximate surface area is 254 Å². The van der Waals surface area contributed by atoms with Crippen molar-refractivity contribution in [2.24, 2.45) is 0 Å². The normalized spacial score (nSPS) is 12.8. The topological polar surface area (TPSA) is 9.23 Å². The summed E-state index contributed by atoms with van der Waals surface area (Å²) in [6.45, 7) is 13.9. The lowest BCUT2D eigenvalue weighted by Gasteiger charge is -2.39. The van der Waals surface area contributed by atoms with Crippen molar-refractivity contribution in [3.8, 4) is 16.9 Å². The van der Waals surface area contributed by atoms with Crippen molar-refractivity contribution in [1.29, 1.82) is 0 Å². The van der Waals surface area contributed by atoms with Gasteiger partial charge in [0.25, 0.3) is 0 Å². The molecule has 0 saturated heterocycles. The van der Waals surface area contributed by atoms with Gasteiger partial charge in [-0.2, -0.15) is 0 Å². The van der Waals surface area contributed by atoms with Gasteiger partial charge in [-0.25, -0.2) is 0 Å². The molecule has 0 radical (unpaired) electrons. The van der Waals surface area contributed by atoms with Crippen LogP contribution in [0.25, 0.3) is 11.1 Å². The molecule has 4 rings (SSSR count). The molecule has 0 saturated carbocycles. The van der Waals surface area contributed by atoms with E-state index in [2.05, 4.69) is 70.7 Å². The Morgan fingerprint density at radius 1 is 0.775 bits per heavy atom. The number of benzene rings is 3. The summed E-state index contributed by atoms with van der Waals surface area (Å²) in [5, 5.41) is 3.08. The Hall–Kier alpha value is -2.00. The third-order valence-corrected chi connectivity index (χ3v) is 15.1. The zero-order valence-electron chi connectivity index (χ0n) is 24.9. The lowest BCUT2D eigenvalue weighted by Crippen LogP contribution is -2.53. The molecular weight excluding hydrogens is 547 g/mol. The molecule has 1 aliphatic carbocycles. The fraction of sp³-hybridized carbons (Fsp3) is 0.444. The van der Waals surface area contributed by atoms with E-state index in [9.17, 15) is 0 Å². The highest BCUT2D eigenvalue weighted by molar-refractivity contribution is 6.94. The van der Waals surface area contributed by atoms with Gasteiger partial charge in [0.05, 0.1) is 0 Å². The van der Waals surface area contributed by atoms with E-state index in [1.54, 1.807) is 0 Å². The molecular formula is C36H46Cl2OSi. The molecule has 0 fully saturated rings. The van der Waals surface area contributed by atoms with Crippen LogP contribution in [0.3, 0.4) is 0 Å². The first kappa shape index (κ1) is 30.9. The van der Waals surface area contributed by atoms with E-state index in [-0.39, 0.29) is 5.54 Å². The van der Waals surface area contributed by atoms with Gasteiger partial charge < -0.3 is 4.74 Å². The summed E-state index contributed by atoms with van der Waals surface area (Å²) in [4.78, 5) is 0. The van der Waals surface area contributed by atoms with Crippen molar-refractivity contribution < 1.29 is 4.74 Å². The van der Waals surface area contributed by atoms with Crippen molar-refractivity contribution in [3.05, 3.63) is 93.5 Å². The maximum absolute atomic E-state index is 6.69. The minimum atomic E-state index is -2.26. The first-order chi connectivity index (χ1) is 19.4. The summed E-state index contributed by atoms with van der Waals surface area (Å²) in [5.74, 6) is 1.13. The summed E-state index contributed by atoms with van der Waals surface area (Å²) >= 11 is 13.4. The van der Waals surface area contributed by atoms with Gasteiger partial charge in [0.15, 0.2) is 0 Å². The van der Waals surface area contributed by atoms with Gasteiger partial charge in [0.2, 0.25) is 0 Å². The van der Waals surface area contributed by atoms with Crippen LogP contribution in [0.5, 0.6) is 5.75 Å². The molecule has 0 aromatic heterocycles. The lowest BCUT2D eigenvalue weighted by atomic mass is 10.00. The highest BCUT2D eigenvalue weighted by Gasteiger charge is 2.48. The van der Waals surface area contributed by atoms with Gasteiger partial charge >= 0.3 is 0 Å². The number of rotatable bonds is 15. The number of halogens is 2. The SMILES string of the molecule is C=CCOc1c(CCCCC)cc(CCCCC)cc1[Si](CC)(CC)C1c2cc(Cl)ccc2-c2ccc(Cl)cc21.